The zero-order valence-electron chi connectivity index (χ0n) is 6.56. The fourth-order valence-electron chi connectivity index (χ4n) is 0.494. The molecule has 0 amide bonds. The summed E-state index contributed by atoms with van der Waals surface area (Å²) in [5.74, 6) is -0.591. The van der Waals surface area contributed by atoms with Crippen LogP contribution in [0.3, 0.4) is 0 Å². The van der Waals surface area contributed by atoms with E-state index < -0.39 is 26.7 Å². The molecule has 2 N–H and O–H groups in total. The summed E-state index contributed by atoms with van der Waals surface area (Å²) in [6, 6.07) is 0. The van der Waals surface area contributed by atoms with Gasteiger partial charge in [0.1, 0.15) is 12.7 Å². The van der Waals surface area contributed by atoms with Gasteiger partial charge in [0.05, 0.1) is 0 Å². The predicted molar refractivity (Wildman–Crippen MR) is 41.6 cm³/mol. The smallest absolute Gasteiger partial charge is 0.382 e. The van der Waals surface area contributed by atoms with Crippen LogP contribution in [0.4, 0.5) is 0 Å². The molecule has 0 aromatic carbocycles. The molecule has 0 rings (SSSR count). The molecule has 0 spiro atoms. The van der Waals surface area contributed by atoms with E-state index in [1.165, 1.54) is 6.92 Å². The van der Waals surface area contributed by atoms with Crippen molar-refractivity contribution >= 4 is 14.0 Å². The SMILES string of the molecule is C=C(C)C(=O)C(O)CO[P+](=O)O. The molecular formula is C6H10O5P+. The Labute approximate surface area is 70.6 Å². The van der Waals surface area contributed by atoms with Crippen molar-refractivity contribution in [2.75, 3.05) is 6.61 Å². The fourth-order valence-corrected chi connectivity index (χ4v) is 0.763. The maximum absolute atomic E-state index is 10.8. The van der Waals surface area contributed by atoms with Crippen molar-refractivity contribution in [3.8, 4) is 0 Å². The molecule has 0 aromatic heterocycles. The Morgan fingerprint density at radius 3 is 2.58 bits per heavy atom. The molecule has 0 saturated carbocycles. The van der Waals surface area contributed by atoms with Gasteiger partial charge in [-0.05, 0) is 12.5 Å². The third-order valence-electron chi connectivity index (χ3n) is 1.07. The highest BCUT2D eigenvalue weighted by Crippen LogP contribution is 2.14. The van der Waals surface area contributed by atoms with Gasteiger partial charge in [0, 0.05) is 4.57 Å². The molecule has 2 unspecified atom stereocenters. The second-order valence-electron chi connectivity index (χ2n) is 2.19. The van der Waals surface area contributed by atoms with Crippen LogP contribution in [0.5, 0.6) is 0 Å². The van der Waals surface area contributed by atoms with E-state index >= 15 is 0 Å². The zero-order chi connectivity index (χ0) is 9.72. The number of ketones is 1. The lowest BCUT2D eigenvalue weighted by molar-refractivity contribution is -0.124. The topological polar surface area (TPSA) is 83.8 Å². The van der Waals surface area contributed by atoms with E-state index in [4.69, 9.17) is 10.00 Å². The van der Waals surface area contributed by atoms with E-state index in [9.17, 15) is 9.36 Å². The van der Waals surface area contributed by atoms with Crippen molar-refractivity contribution < 1.29 is 23.9 Å². The second kappa shape index (κ2) is 5.11. The number of hydrogen-bond acceptors (Lipinski definition) is 4. The largest absolute Gasteiger partial charge is 0.694 e. The predicted octanol–water partition coefficient (Wildman–Crippen LogP) is 0.159. The third-order valence-corrected chi connectivity index (χ3v) is 1.44. The van der Waals surface area contributed by atoms with Gasteiger partial charge in [0.25, 0.3) is 0 Å². The van der Waals surface area contributed by atoms with Gasteiger partial charge in [-0.3, -0.25) is 4.79 Å². The van der Waals surface area contributed by atoms with Gasteiger partial charge >= 0.3 is 8.25 Å². The summed E-state index contributed by atoms with van der Waals surface area (Å²) in [6.07, 6.45) is -1.41. The molecule has 5 nitrogen and oxygen atoms in total. The maximum Gasteiger partial charge on any atom is 0.694 e. The molecule has 0 aromatic rings. The number of aliphatic hydroxyl groups is 1. The van der Waals surface area contributed by atoms with E-state index in [1.54, 1.807) is 0 Å². The number of Topliss-reactive ketones (excluding diaryl/α,β-unsaturated/α-hetero) is 1. The van der Waals surface area contributed by atoms with Crippen molar-refractivity contribution in [1.29, 1.82) is 0 Å². The Morgan fingerprint density at radius 2 is 2.25 bits per heavy atom. The van der Waals surface area contributed by atoms with Crippen molar-refractivity contribution in [2.24, 2.45) is 0 Å². The van der Waals surface area contributed by atoms with Crippen LogP contribution in [0.15, 0.2) is 12.2 Å². The van der Waals surface area contributed by atoms with Crippen molar-refractivity contribution in [2.45, 2.75) is 13.0 Å². The molecule has 0 saturated heterocycles. The Bertz CT molecular complexity index is 212. The second-order valence-corrected chi connectivity index (χ2v) is 2.93. The van der Waals surface area contributed by atoms with Gasteiger partial charge < -0.3 is 5.11 Å². The van der Waals surface area contributed by atoms with E-state index in [2.05, 4.69) is 11.1 Å². The lowest BCUT2D eigenvalue weighted by Gasteiger charge is -2.03. The van der Waals surface area contributed by atoms with Gasteiger partial charge in [-0.15, -0.1) is 9.42 Å². The zero-order valence-corrected chi connectivity index (χ0v) is 7.45. The summed E-state index contributed by atoms with van der Waals surface area (Å²) in [6.45, 7) is 4.25. The molecule has 0 bridgehead atoms. The average Bonchev–Trinajstić information content (AvgIpc) is 1.98. The highest BCUT2D eigenvalue weighted by atomic mass is 31.1. The van der Waals surface area contributed by atoms with Crippen LogP contribution in [0.1, 0.15) is 6.92 Å². The first-order valence-corrected chi connectivity index (χ1v) is 4.25. The molecule has 0 radical (unpaired) electrons. The first-order chi connectivity index (χ1) is 5.45. The highest BCUT2D eigenvalue weighted by Gasteiger charge is 2.21. The van der Waals surface area contributed by atoms with Crippen molar-refractivity contribution in [3.05, 3.63) is 12.2 Å². The third kappa shape index (κ3) is 4.31. The highest BCUT2D eigenvalue weighted by molar-refractivity contribution is 7.32. The standard InChI is InChI=1S/C6H9O5P/c1-4(2)6(8)5(7)3-11-12(9)10/h5,7H,1,3H2,2H3/p+1. The van der Waals surface area contributed by atoms with Crippen LogP contribution in [-0.2, 0) is 13.9 Å². The van der Waals surface area contributed by atoms with Crippen LogP contribution < -0.4 is 0 Å². The monoisotopic (exact) mass is 193 g/mol. The molecular weight excluding hydrogens is 183 g/mol. The molecule has 6 heteroatoms. The van der Waals surface area contributed by atoms with Crippen LogP contribution >= 0.6 is 8.25 Å². The minimum absolute atomic E-state index is 0.180. The Balaban J connectivity index is 3.87. The van der Waals surface area contributed by atoms with Gasteiger partial charge in [-0.2, -0.15) is 0 Å². The number of hydrogen-bond donors (Lipinski definition) is 2. The summed E-state index contributed by atoms with van der Waals surface area (Å²) >= 11 is 0. The Kier molecular flexibility index (Phi) is 4.85. The van der Waals surface area contributed by atoms with Crippen LogP contribution in [0.25, 0.3) is 0 Å². The minimum atomic E-state index is -2.77. The minimum Gasteiger partial charge on any atom is -0.382 e. The molecule has 12 heavy (non-hydrogen) atoms. The van der Waals surface area contributed by atoms with Gasteiger partial charge in [-0.1, -0.05) is 6.58 Å². The maximum atomic E-state index is 10.8. The molecule has 0 heterocycles. The molecule has 0 fully saturated rings. The molecule has 2 atom stereocenters. The number of rotatable bonds is 5. The van der Waals surface area contributed by atoms with E-state index in [-0.39, 0.29) is 5.57 Å². The summed E-state index contributed by atoms with van der Waals surface area (Å²) in [5.41, 5.74) is 0.180. The molecule has 0 aliphatic carbocycles. The first kappa shape index (κ1) is 11.4. The summed E-state index contributed by atoms with van der Waals surface area (Å²) < 4.78 is 14.1. The average molecular weight is 193 g/mol. The van der Waals surface area contributed by atoms with E-state index in [0.717, 1.165) is 0 Å². The normalized spacial score (nSPS) is 13.8. The Morgan fingerprint density at radius 1 is 1.75 bits per heavy atom. The van der Waals surface area contributed by atoms with Crippen LogP contribution in [-0.4, -0.2) is 28.5 Å². The van der Waals surface area contributed by atoms with Gasteiger partial charge in [0.2, 0.25) is 0 Å². The van der Waals surface area contributed by atoms with E-state index in [1.807, 2.05) is 0 Å². The summed E-state index contributed by atoms with van der Waals surface area (Å²) in [4.78, 5) is 19.0. The fraction of sp³-hybridized carbons (Fsp3) is 0.500. The van der Waals surface area contributed by atoms with Gasteiger partial charge in [0.15, 0.2) is 5.78 Å². The quantitative estimate of drug-likeness (QED) is 0.480. The molecule has 0 aliphatic rings. The van der Waals surface area contributed by atoms with Crippen LogP contribution in [0, 0.1) is 0 Å². The van der Waals surface area contributed by atoms with Crippen molar-refractivity contribution in [1.82, 2.24) is 0 Å². The summed E-state index contributed by atoms with van der Waals surface area (Å²) in [5, 5.41) is 8.96. The lowest BCUT2D eigenvalue weighted by Crippen LogP contribution is -2.25. The number of carbonyl (C=O) groups is 1. The lowest BCUT2D eigenvalue weighted by atomic mass is 10.1. The molecule has 68 valence electrons. The summed E-state index contributed by atoms with van der Waals surface area (Å²) in [7, 11) is -2.77. The van der Waals surface area contributed by atoms with Crippen LogP contribution in [0.2, 0.25) is 0 Å². The number of carbonyl (C=O) groups excluding carboxylic acids is 1. The Hall–Kier alpha value is -0.610. The van der Waals surface area contributed by atoms with E-state index in [0.29, 0.717) is 0 Å². The molecule has 0 aliphatic heterocycles. The van der Waals surface area contributed by atoms with Gasteiger partial charge in [-0.25, -0.2) is 0 Å². The first-order valence-electron chi connectivity index (χ1n) is 3.12. The number of aliphatic hydroxyl groups excluding tert-OH is 1. The van der Waals surface area contributed by atoms with Crippen molar-refractivity contribution in [3.63, 3.8) is 0 Å².